The monoisotopic (exact) mass is 427 g/mol. The molecule has 1 aliphatic rings. The van der Waals surface area contributed by atoms with Crippen molar-refractivity contribution >= 4 is 11.8 Å². The van der Waals surface area contributed by atoms with Gasteiger partial charge in [-0.25, -0.2) is 0 Å². The van der Waals surface area contributed by atoms with Crippen molar-refractivity contribution in [2.24, 2.45) is 0 Å². The first-order valence-electron chi connectivity index (χ1n) is 10.8. The second kappa shape index (κ2) is 10.4. The minimum atomic E-state index is -0.471. The van der Waals surface area contributed by atoms with Gasteiger partial charge in [0.25, 0.3) is 0 Å². The summed E-state index contributed by atoms with van der Waals surface area (Å²) in [6, 6.07) is 5.41. The summed E-state index contributed by atoms with van der Waals surface area (Å²) in [7, 11) is 1.67. The zero-order valence-electron chi connectivity index (χ0n) is 18.9. The van der Waals surface area contributed by atoms with Crippen LogP contribution in [-0.2, 0) is 22.7 Å². The lowest BCUT2D eigenvalue weighted by atomic mass is 10.00. The summed E-state index contributed by atoms with van der Waals surface area (Å²) in [5.74, 6) is 0.773. The number of likely N-dealkylation sites (N-methyl/N-ethyl adjacent to an activating group) is 1. The molecule has 0 aliphatic carbocycles. The quantitative estimate of drug-likeness (QED) is 0.660. The fourth-order valence-electron chi connectivity index (χ4n) is 4.05. The molecule has 0 unspecified atom stereocenters. The molecule has 31 heavy (non-hydrogen) atoms. The highest BCUT2D eigenvalue weighted by molar-refractivity contribution is 5.88. The van der Waals surface area contributed by atoms with Crippen LogP contribution in [0.1, 0.15) is 30.0 Å². The molecule has 168 valence electrons. The van der Waals surface area contributed by atoms with Crippen LogP contribution >= 0.6 is 0 Å². The van der Waals surface area contributed by atoms with Gasteiger partial charge in [0.05, 0.1) is 26.1 Å². The van der Waals surface area contributed by atoms with Crippen molar-refractivity contribution in [3.8, 4) is 5.75 Å². The molecule has 1 aliphatic heterocycles. The number of hydrogen-bond acceptors (Lipinski definition) is 5. The lowest BCUT2D eigenvalue weighted by molar-refractivity contribution is -0.139. The number of carbonyl (C=O) groups excluding carboxylic acids is 2. The molecule has 1 aromatic carbocycles. The Morgan fingerprint density at radius 2 is 2.13 bits per heavy atom. The number of nitrogens with zero attached hydrogens (tertiary/aromatic N) is 4. The smallest absolute Gasteiger partial charge is 0.237 e. The lowest BCUT2D eigenvalue weighted by Crippen LogP contribution is -2.56. The molecule has 2 heterocycles. The zero-order valence-corrected chi connectivity index (χ0v) is 18.9. The van der Waals surface area contributed by atoms with Crippen molar-refractivity contribution in [3.63, 3.8) is 0 Å². The van der Waals surface area contributed by atoms with Gasteiger partial charge in [-0.2, -0.15) is 5.10 Å². The highest BCUT2D eigenvalue weighted by Gasteiger charge is 2.33. The van der Waals surface area contributed by atoms with Gasteiger partial charge in [-0.1, -0.05) is 6.07 Å². The molecule has 2 aromatic rings. The molecular formula is C23H33N5O3. The molecule has 1 N–H and O–H groups in total. The van der Waals surface area contributed by atoms with E-state index in [0.29, 0.717) is 39.3 Å². The predicted octanol–water partition coefficient (Wildman–Crippen LogP) is 1.75. The van der Waals surface area contributed by atoms with E-state index in [9.17, 15) is 9.59 Å². The van der Waals surface area contributed by atoms with Gasteiger partial charge in [0.15, 0.2) is 0 Å². The lowest BCUT2D eigenvalue weighted by Gasteiger charge is -2.36. The van der Waals surface area contributed by atoms with E-state index in [1.807, 2.05) is 36.9 Å². The SMILES string of the molecule is CCN(CCn1cccn1)C(=O)C[C@H]1C(=O)NCCN1Cc1ccc(OC)c(C)c1C. The number of methoxy groups -OCH3 is 1. The Hall–Kier alpha value is -2.87. The minimum absolute atomic E-state index is 0.00987. The summed E-state index contributed by atoms with van der Waals surface area (Å²) in [5.41, 5.74) is 3.41. The molecule has 1 atom stereocenters. The van der Waals surface area contributed by atoms with E-state index in [1.165, 1.54) is 0 Å². The Morgan fingerprint density at radius 3 is 2.81 bits per heavy atom. The molecule has 0 spiro atoms. The Kier molecular flexibility index (Phi) is 7.68. The molecule has 1 fully saturated rings. The number of amides is 2. The summed E-state index contributed by atoms with van der Waals surface area (Å²) < 4.78 is 7.23. The molecule has 8 nitrogen and oxygen atoms in total. The van der Waals surface area contributed by atoms with Gasteiger partial charge in [0.2, 0.25) is 11.8 Å². The molecule has 3 rings (SSSR count). The van der Waals surface area contributed by atoms with Crippen LogP contribution in [0.3, 0.4) is 0 Å². The maximum Gasteiger partial charge on any atom is 0.237 e. The fourth-order valence-corrected chi connectivity index (χ4v) is 4.05. The first-order chi connectivity index (χ1) is 14.9. The Bertz CT molecular complexity index is 897. The molecule has 0 saturated carbocycles. The van der Waals surface area contributed by atoms with E-state index in [0.717, 1.165) is 22.4 Å². The predicted molar refractivity (Wildman–Crippen MR) is 119 cm³/mol. The third kappa shape index (κ3) is 5.44. The number of benzene rings is 1. The van der Waals surface area contributed by atoms with Crippen molar-refractivity contribution in [3.05, 3.63) is 47.3 Å². The molecule has 0 radical (unpaired) electrons. The third-order valence-electron chi connectivity index (χ3n) is 6.15. The number of aromatic nitrogens is 2. The normalized spacial score (nSPS) is 16.8. The largest absolute Gasteiger partial charge is 0.496 e. The van der Waals surface area contributed by atoms with E-state index in [-0.39, 0.29) is 18.2 Å². The molecule has 2 amide bonds. The second-order valence-corrected chi connectivity index (χ2v) is 7.90. The van der Waals surface area contributed by atoms with Gasteiger partial charge in [-0.05, 0) is 49.6 Å². The van der Waals surface area contributed by atoms with Gasteiger partial charge in [0.1, 0.15) is 5.75 Å². The molecule has 8 heteroatoms. The van der Waals surface area contributed by atoms with Crippen LogP contribution < -0.4 is 10.1 Å². The van der Waals surface area contributed by atoms with E-state index in [2.05, 4.69) is 28.3 Å². The zero-order chi connectivity index (χ0) is 22.4. The van der Waals surface area contributed by atoms with Crippen molar-refractivity contribution in [2.75, 3.05) is 33.3 Å². The van der Waals surface area contributed by atoms with Crippen LogP contribution in [0.5, 0.6) is 5.75 Å². The van der Waals surface area contributed by atoms with Crippen molar-refractivity contribution in [1.29, 1.82) is 0 Å². The number of carbonyl (C=O) groups is 2. The topological polar surface area (TPSA) is 79.7 Å². The van der Waals surface area contributed by atoms with Crippen LogP contribution in [0, 0.1) is 13.8 Å². The van der Waals surface area contributed by atoms with Gasteiger partial charge >= 0.3 is 0 Å². The molecule has 1 saturated heterocycles. The van der Waals surface area contributed by atoms with E-state index >= 15 is 0 Å². The van der Waals surface area contributed by atoms with Crippen LogP contribution in [0.2, 0.25) is 0 Å². The van der Waals surface area contributed by atoms with Crippen molar-refractivity contribution in [2.45, 2.75) is 46.3 Å². The maximum atomic E-state index is 13.0. The maximum absolute atomic E-state index is 13.0. The summed E-state index contributed by atoms with van der Waals surface area (Å²) in [4.78, 5) is 29.6. The summed E-state index contributed by atoms with van der Waals surface area (Å²) >= 11 is 0. The fraction of sp³-hybridized carbons (Fsp3) is 0.522. The summed E-state index contributed by atoms with van der Waals surface area (Å²) in [6.45, 7) is 9.82. The van der Waals surface area contributed by atoms with Crippen LogP contribution in [0.15, 0.2) is 30.6 Å². The summed E-state index contributed by atoms with van der Waals surface area (Å²) in [5, 5.41) is 7.12. The minimum Gasteiger partial charge on any atom is -0.496 e. The Morgan fingerprint density at radius 1 is 1.32 bits per heavy atom. The standard InChI is InChI=1S/C23H33N5O3/c1-5-26(13-14-28-11-6-9-25-28)22(29)15-20-23(30)24-10-12-27(20)16-19-7-8-21(31-4)18(3)17(19)2/h6-9,11,20H,5,10,12-16H2,1-4H3,(H,24,30)/t20-/m0/s1. The molecule has 1 aromatic heterocycles. The number of hydrogen-bond donors (Lipinski definition) is 1. The Balaban J connectivity index is 1.69. The number of piperazine rings is 1. The van der Waals surface area contributed by atoms with E-state index in [4.69, 9.17) is 4.74 Å². The van der Waals surface area contributed by atoms with Gasteiger partial charge < -0.3 is 15.0 Å². The average molecular weight is 428 g/mol. The average Bonchev–Trinajstić information content (AvgIpc) is 3.28. The van der Waals surface area contributed by atoms with Crippen LogP contribution in [0.25, 0.3) is 0 Å². The van der Waals surface area contributed by atoms with Crippen LogP contribution in [-0.4, -0.2) is 70.7 Å². The first-order valence-corrected chi connectivity index (χ1v) is 10.8. The number of nitrogens with one attached hydrogen (secondary N) is 1. The highest BCUT2D eigenvalue weighted by atomic mass is 16.5. The van der Waals surface area contributed by atoms with Crippen molar-refractivity contribution in [1.82, 2.24) is 24.9 Å². The van der Waals surface area contributed by atoms with Crippen LogP contribution in [0.4, 0.5) is 0 Å². The van der Waals surface area contributed by atoms with E-state index in [1.54, 1.807) is 18.2 Å². The van der Waals surface area contributed by atoms with Gasteiger partial charge in [-0.15, -0.1) is 0 Å². The Labute approximate surface area is 184 Å². The van der Waals surface area contributed by atoms with Crippen molar-refractivity contribution < 1.29 is 14.3 Å². The second-order valence-electron chi connectivity index (χ2n) is 7.90. The summed E-state index contributed by atoms with van der Waals surface area (Å²) in [6.07, 6.45) is 3.78. The first kappa shape index (κ1) is 22.8. The third-order valence-corrected chi connectivity index (χ3v) is 6.15. The van der Waals surface area contributed by atoms with Gasteiger partial charge in [0, 0.05) is 45.1 Å². The number of rotatable bonds is 9. The van der Waals surface area contributed by atoms with E-state index < -0.39 is 6.04 Å². The van der Waals surface area contributed by atoms with Gasteiger partial charge in [-0.3, -0.25) is 19.2 Å². The molecular weight excluding hydrogens is 394 g/mol. The highest BCUT2D eigenvalue weighted by Crippen LogP contribution is 2.26. The number of ether oxygens (including phenoxy) is 1. The molecule has 0 bridgehead atoms.